The van der Waals surface area contributed by atoms with Crippen molar-refractivity contribution in [1.29, 1.82) is 0 Å². The molecule has 1 aliphatic heterocycles. The Morgan fingerprint density at radius 1 is 1.35 bits per heavy atom. The Balaban J connectivity index is 1.71. The molecule has 5 nitrogen and oxygen atoms in total. The molecule has 126 valence electrons. The number of rotatable bonds is 6. The standard InChI is InChI=1S/C18H26N2O3/c1-3-22-17-6-4-5-14-11-15(23-18(14)17)12-16(21)13(2)20-9-7-19-8-10-20/h4-6,11,13,16,19,21H,3,7-10,12H2,1-2H3. The molecule has 1 aliphatic rings. The molecule has 1 fully saturated rings. The highest BCUT2D eigenvalue weighted by Crippen LogP contribution is 2.29. The number of aliphatic hydroxyl groups is 1. The second-order valence-electron chi connectivity index (χ2n) is 6.12. The number of ether oxygens (including phenoxy) is 1. The highest BCUT2D eigenvalue weighted by molar-refractivity contribution is 5.83. The lowest BCUT2D eigenvalue weighted by atomic mass is 10.1. The molecule has 1 aromatic carbocycles. The van der Waals surface area contributed by atoms with E-state index < -0.39 is 6.10 Å². The molecular formula is C18H26N2O3. The summed E-state index contributed by atoms with van der Waals surface area (Å²) in [5.74, 6) is 1.57. The van der Waals surface area contributed by atoms with Crippen molar-refractivity contribution in [3.05, 3.63) is 30.0 Å². The molecule has 2 unspecified atom stereocenters. The summed E-state index contributed by atoms with van der Waals surface area (Å²) in [5.41, 5.74) is 0.770. The molecule has 0 aliphatic carbocycles. The summed E-state index contributed by atoms with van der Waals surface area (Å²) in [5, 5.41) is 14.9. The largest absolute Gasteiger partial charge is 0.490 e. The lowest BCUT2D eigenvalue weighted by Crippen LogP contribution is -2.51. The molecule has 0 saturated carbocycles. The van der Waals surface area contributed by atoms with Gasteiger partial charge in [-0.15, -0.1) is 0 Å². The van der Waals surface area contributed by atoms with Gasteiger partial charge in [0.2, 0.25) is 0 Å². The molecule has 5 heteroatoms. The van der Waals surface area contributed by atoms with Crippen LogP contribution in [0.4, 0.5) is 0 Å². The number of fused-ring (bicyclic) bond motifs is 1. The molecule has 0 spiro atoms. The van der Waals surface area contributed by atoms with Crippen molar-refractivity contribution < 1.29 is 14.3 Å². The van der Waals surface area contributed by atoms with Crippen LogP contribution in [0.15, 0.2) is 28.7 Å². The van der Waals surface area contributed by atoms with Crippen LogP contribution in [0, 0.1) is 0 Å². The van der Waals surface area contributed by atoms with Crippen LogP contribution < -0.4 is 10.1 Å². The van der Waals surface area contributed by atoms with Crippen LogP contribution in [-0.4, -0.2) is 54.9 Å². The van der Waals surface area contributed by atoms with Crippen LogP contribution in [0.1, 0.15) is 19.6 Å². The lowest BCUT2D eigenvalue weighted by Gasteiger charge is -2.35. The van der Waals surface area contributed by atoms with Crippen LogP contribution in [0.3, 0.4) is 0 Å². The molecule has 2 N–H and O–H groups in total. The normalized spacial score (nSPS) is 18.9. The number of para-hydroxylation sites is 1. The lowest BCUT2D eigenvalue weighted by molar-refractivity contribution is 0.0491. The number of aliphatic hydroxyl groups excluding tert-OH is 1. The summed E-state index contributed by atoms with van der Waals surface area (Å²) in [6.07, 6.45) is 0.0786. The van der Waals surface area contributed by atoms with Gasteiger partial charge in [-0.05, 0) is 26.0 Å². The van der Waals surface area contributed by atoms with E-state index >= 15 is 0 Å². The second kappa shape index (κ2) is 7.34. The zero-order valence-electron chi connectivity index (χ0n) is 13.9. The number of benzene rings is 1. The van der Waals surface area contributed by atoms with E-state index in [4.69, 9.17) is 9.15 Å². The third-order valence-electron chi connectivity index (χ3n) is 4.55. The minimum Gasteiger partial charge on any atom is -0.490 e. The van der Waals surface area contributed by atoms with Crippen LogP contribution in [0.25, 0.3) is 11.0 Å². The average molecular weight is 318 g/mol. The monoisotopic (exact) mass is 318 g/mol. The van der Waals surface area contributed by atoms with E-state index in [1.54, 1.807) is 0 Å². The van der Waals surface area contributed by atoms with E-state index in [-0.39, 0.29) is 6.04 Å². The van der Waals surface area contributed by atoms with Gasteiger partial charge >= 0.3 is 0 Å². The van der Waals surface area contributed by atoms with E-state index in [2.05, 4.69) is 17.1 Å². The van der Waals surface area contributed by atoms with Gasteiger partial charge in [-0.1, -0.05) is 12.1 Å². The summed E-state index contributed by atoms with van der Waals surface area (Å²) >= 11 is 0. The Kier molecular flexibility index (Phi) is 5.20. The highest BCUT2D eigenvalue weighted by Gasteiger charge is 2.24. The SMILES string of the molecule is CCOc1cccc2cc(CC(O)C(C)N3CCNCC3)oc12. The minimum atomic E-state index is -0.441. The molecule has 0 bridgehead atoms. The van der Waals surface area contributed by atoms with Crippen LogP contribution in [0.5, 0.6) is 5.75 Å². The maximum Gasteiger partial charge on any atom is 0.176 e. The highest BCUT2D eigenvalue weighted by atomic mass is 16.5. The van der Waals surface area contributed by atoms with E-state index in [0.717, 1.165) is 48.7 Å². The van der Waals surface area contributed by atoms with Crippen molar-refractivity contribution >= 4 is 11.0 Å². The predicted molar refractivity (Wildman–Crippen MR) is 91.0 cm³/mol. The minimum absolute atomic E-state index is 0.122. The van der Waals surface area contributed by atoms with Gasteiger partial charge in [0.1, 0.15) is 5.76 Å². The average Bonchev–Trinajstić information content (AvgIpc) is 2.98. The number of hydrogen-bond donors (Lipinski definition) is 2. The van der Waals surface area contributed by atoms with Crippen molar-refractivity contribution in [2.45, 2.75) is 32.4 Å². The molecule has 0 amide bonds. The topological polar surface area (TPSA) is 57.9 Å². The number of furan rings is 1. The summed E-state index contributed by atoms with van der Waals surface area (Å²) in [7, 11) is 0. The van der Waals surface area contributed by atoms with Gasteiger partial charge in [-0.3, -0.25) is 4.90 Å². The summed E-state index contributed by atoms with van der Waals surface area (Å²) in [6, 6.07) is 8.02. The third-order valence-corrected chi connectivity index (χ3v) is 4.55. The van der Waals surface area contributed by atoms with Gasteiger partial charge in [0.15, 0.2) is 11.3 Å². The maximum atomic E-state index is 10.6. The summed E-state index contributed by atoms with van der Waals surface area (Å²) < 4.78 is 11.6. The molecule has 3 rings (SSSR count). The molecule has 1 aromatic heterocycles. The van der Waals surface area contributed by atoms with E-state index in [1.165, 1.54) is 0 Å². The zero-order chi connectivity index (χ0) is 16.2. The first-order chi connectivity index (χ1) is 11.2. The number of nitrogens with zero attached hydrogens (tertiary/aromatic N) is 1. The quantitative estimate of drug-likeness (QED) is 0.853. The molecular weight excluding hydrogens is 292 g/mol. The molecule has 2 atom stereocenters. The number of nitrogens with one attached hydrogen (secondary N) is 1. The number of piperazine rings is 1. The van der Waals surface area contributed by atoms with Gasteiger partial charge in [0.05, 0.1) is 12.7 Å². The van der Waals surface area contributed by atoms with Crippen molar-refractivity contribution in [3.63, 3.8) is 0 Å². The van der Waals surface area contributed by atoms with Gasteiger partial charge < -0.3 is 19.6 Å². The van der Waals surface area contributed by atoms with E-state index in [0.29, 0.717) is 13.0 Å². The van der Waals surface area contributed by atoms with Gasteiger partial charge in [-0.2, -0.15) is 0 Å². The molecule has 0 radical (unpaired) electrons. The van der Waals surface area contributed by atoms with Crippen molar-refractivity contribution in [2.75, 3.05) is 32.8 Å². The fourth-order valence-electron chi connectivity index (χ4n) is 3.17. The van der Waals surface area contributed by atoms with Crippen molar-refractivity contribution in [3.8, 4) is 5.75 Å². The smallest absolute Gasteiger partial charge is 0.176 e. The fraction of sp³-hybridized carbons (Fsp3) is 0.556. The molecule has 2 heterocycles. The first kappa shape index (κ1) is 16.3. The Labute approximate surface area is 137 Å². The summed E-state index contributed by atoms with van der Waals surface area (Å²) in [6.45, 7) is 8.59. The molecule has 23 heavy (non-hydrogen) atoms. The zero-order valence-corrected chi connectivity index (χ0v) is 13.9. The summed E-state index contributed by atoms with van der Waals surface area (Å²) in [4.78, 5) is 2.33. The van der Waals surface area contributed by atoms with Crippen molar-refractivity contribution in [1.82, 2.24) is 10.2 Å². The van der Waals surface area contributed by atoms with E-state index in [9.17, 15) is 5.11 Å². The molecule has 1 saturated heterocycles. The second-order valence-corrected chi connectivity index (χ2v) is 6.12. The Bertz CT molecular complexity index is 634. The van der Waals surface area contributed by atoms with Crippen LogP contribution in [0.2, 0.25) is 0 Å². The van der Waals surface area contributed by atoms with Crippen LogP contribution in [-0.2, 0) is 6.42 Å². The Morgan fingerprint density at radius 2 is 2.13 bits per heavy atom. The predicted octanol–water partition coefficient (Wildman–Crippen LogP) is 2.03. The molecule has 2 aromatic rings. The van der Waals surface area contributed by atoms with E-state index in [1.807, 2.05) is 31.2 Å². The third kappa shape index (κ3) is 3.68. The van der Waals surface area contributed by atoms with Gasteiger partial charge in [0, 0.05) is 44.0 Å². The van der Waals surface area contributed by atoms with Crippen molar-refractivity contribution in [2.24, 2.45) is 0 Å². The van der Waals surface area contributed by atoms with Gasteiger partial charge in [0.25, 0.3) is 0 Å². The first-order valence-electron chi connectivity index (χ1n) is 8.46. The number of hydrogen-bond acceptors (Lipinski definition) is 5. The Morgan fingerprint density at radius 3 is 2.87 bits per heavy atom. The Hall–Kier alpha value is -1.56. The first-order valence-corrected chi connectivity index (χ1v) is 8.46. The van der Waals surface area contributed by atoms with Crippen LogP contribution >= 0.6 is 0 Å². The maximum absolute atomic E-state index is 10.6. The fourth-order valence-corrected chi connectivity index (χ4v) is 3.17. The van der Waals surface area contributed by atoms with Gasteiger partial charge in [-0.25, -0.2) is 0 Å².